The number of aromatic nitrogens is 1. The Labute approximate surface area is 105 Å². The molecule has 17 heavy (non-hydrogen) atoms. The Kier molecular flexibility index (Phi) is 2.57. The molecule has 3 rings (SSSR count). The van der Waals surface area contributed by atoms with Crippen LogP contribution in [0.4, 0.5) is 0 Å². The van der Waals surface area contributed by atoms with E-state index in [1.165, 1.54) is 22.7 Å². The Bertz CT molecular complexity index is 745. The van der Waals surface area contributed by atoms with Crippen LogP contribution in [0.25, 0.3) is 19.5 Å². The molecule has 5 heteroatoms. The molecular formula is C12H9NO2S2. The van der Waals surface area contributed by atoms with Gasteiger partial charge in [0.1, 0.15) is 4.70 Å². The Balaban J connectivity index is 2.42. The molecule has 1 aromatic carbocycles. The van der Waals surface area contributed by atoms with Crippen molar-refractivity contribution < 1.29 is 4.74 Å². The van der Waals surface area contributed by atoms with Gasteiger partial charge in [-0.1, -0.05) is 29.5 Å². The maximum atomic E-state index is 11.9. The van der Waals surface area contributed by atoms with Gasteiger partial charge in [-0.15, -0.1) is 11.3 Å². The van der Waals surface area contributed by atoms with Gasteiger partial charge in [0.25, 0.3) is 10.8 Å². The third-order valence-electron chi connectivity index (χ3n) is 2.39. The summed E-state index contributed by atoms with van der Waals surface area (Å²) in [6.45, 7) is 2.41. The monoisotopic (exact) mass is 263 g/mol. The molecule has 0 radical (unpaired) electrons. The highest BCUT2D eigenvalue weighted by molar-refractivity contribution is 7.32. The Morgan fingerprint density at radius 3 is 2.88 bits per heavy atom. The average molecular weight is 263 g/mol. The maximum Gasteiger partial charge on any atom is 0.292 e. The van der Waals surface area contributed by atoms with Gasteiger partial charge in [-0.3, -0.25) is 4.79 Å². The molecule has 2 aromatic heterocycles. The van der Waals surface area contributed by atoms with Crippen LogP contribution in [-0.4, -0.2) is 11.6 Å². The largest absolute Gasteiger partial charge is 0.470 e. The highest BCUT2D eigenvalue weighted by Crippen LogP contribution is 2.36. The van der Waals surface area contributed by atoms with E-state index < -0.39 is 0 Å². The third kappa shape index (κ3) is 1.71. The molecule has 0 amide bonds. The molecule has 0 saturated heterocycles. The molecule has 0 atom stereocenters. The molecule has 0 fully saturated rings. The van der Waals surface area contributed by atoms with Gasteiger partial charge in [0.05, 0.1) is 11.3 Å². The van der Waals surface area contributed by atoms with Crippen molar-refractivity contribution in [2.45, 2.75) is 6.92 Å². The molecule has 3 nitrogen and oxygen atoms in total. The van der Waals surface area contributed by atoms with Crippen molar-refractivity contribution in [1.82, 2.24) is 4.98 Å². The number of thiophene rings is 1. The normalized spacial score (nSPS) is 11.1. The van der Waals surface area contributed by atoms with Crippen molar-refractivity contribution in [3.63, 3.8) is 0 Å². The minimum absolute atomic E-state index is 0.191. The molecule has 0 aliphatic heterocycles. The minimum Gasteiger partial charge on any atom is -0.470 e. The quantitative estimate of drug-likeness (QED) is 0.712. The fourth-order valence-corrected chi connectivity index (χ4v) is 3.94. The maximum absolute atomic E-state index is 11.9. The van der Waals surface area contributed by atoms with Crippen LogP contribution in [0.2, 0.25) is 0 Å². The number of rotatable bonds is 2. The Morgan fingerprint density at radius 1 is 1.24 bits per heavy atom. The first-order valence-corrected chi connectivity index (χ1v) is 6.88. The predicted octanol–water partition coefficient (Wildman–Crippen LogP) is 3.27. The molecule has 0 aliphatic rings. The fraction of sp³-hybridized carbons (Fsp3) is 0.167. The second-order valence-electron chi connectivity index (χ2n) is 3.47. The summed E-state index contributed by atoms with van der Waals surface area (Å²) < 4.78 is 8.14. The molecular weight excluding hydrogens is 254 g/mol. The molecule has 86 valence electrons. The minimum atomic E-state index is -0.191. The summed E-state index contributed by atoms with van der Waals surface area (Å²) in [4.78, 5) is 15.8. The second kappa shape index (κ2) is 4.09. The van der Waals surface area contributed by atoms with Gasteiger partial charge in [0.15, 0.2) is 0 Å². The highest BCUT2D eigenvalue weighted by atomic mass is 32.1. The van der Waals surface area contributed by atoms with E-state index in [4.69, 9.17) is 4.74 Å². The van der Waals surface area contributed by atoms with Crippen molar-refractivity contribution in [2.75, 3.05) is 6.61 Å². The van der Waals surface area contributed by atoms with Crippen LogP contribution in [0.15, 0.2) is 29.1 Å². The molecule has 0 bridgehead atoms. The van der Waals surface area contributed by atoms with Crippen LogP contribution in [0, 0.1) is 0 Å². The summed E-state index contributed by atoms with van der Waals surface area (Å²) in [6, 6.07) is 8.00. The number of benzene rings is 1. The lowest BCUT2D eigenvalue weighted by atomic mass is 10.2. The molecule has 0 saturated carbocycles. The lowest BCUT2D eigenvalue weighted by molar-refractivity contribution is 0.337. The van der Waals surface area contributed by atoms with E-state index in [2.05, 4.69) is 4.98 Å². The topological polar surface area (TPSA) is 39.2 Å². The lowest BCUT2D eigenvalue weighted by Crippen LogP contribution is -2.05. The zero-order chi connectivity index (χ0) is 11.8. The standard InChI is InChI=1S/C12H9NO2S2/c1-2-15-12-13-11(14)10-9(17-12)7-5-3-4-6-8(7)16-10/h3-6H,2H2,1H3. The smallest absolute Gasteiger partial charge is 0.292 e. The van der Waals surface area contributed by atoms with Gasteiger partial charge in [-0.25, -0.2) is 0 Å². The fourth-order valence-electron chi connectivity index (χ4n) is 1.69. The first-order valence-electron chi connectivity index (χ1n) is 5.25. The van der Waals surface area contributed by atoms with Crippen LogP contribution in [0.5, 0.6) is 5.19 Å². The SMILES string of the molecule is CCOc1nc(=O)c2sc3ccccc3c2s1. The van der Waals surface area contributed by atoms with Gasteiger partial charge < -0.3 is 4.74 Å². The summed E-state index contributed by atoms with van der Waals surface area (Å²) in [6.07, 6.45) is 0. The van der Waals surface area contributed by atoms with Crippen molar-refractivity contribution in [3.05, 3.63) is 34.6 Å². The second-order valence-corrected chi connectivity index (χ2v) is 5.49. The first-order chi connectivity index (χ1) is 8.29. The van der Waals surface area contributed by atoms with Gasteiger partial charge >= 0.3 is 0 Å². The van der Waals surface area contributed by atoms with Gasteiger partial charge in [-0.05, 0) is 13.0 Å². The first kappa shape index (κ1) is 10.7. The van der Waals surface area contributed by atoms with Gasteiger partial charge in [0, 0.05) is 10.1 Å². The van der Waals surface area contributed by atoms with Crippen molar-refractivity contribution >= 4 is 42.2 Å². The summed E-state index contributed by atoms with van der Waals surface area (Å²) in [5.41, 5.74) is -0.191. The van der Waals surface area contributed by atoms with Crippen LogP contribution >= 0.6 is 22.7 Å². The van der Waals surface area contributed by atoms with Crippen molar-refractivity contribution in [3.8, 4) is 5.19 Å². The Morgan fingerprint density at radius 2 is 2.06 bits per heavy atom. The van der Waals surface area contributed by atoms with Crippen molar-refractivity contribution in [2.24, 2.45) is 0 Å². The zero-order valence-corrected chi connectivity index (χ0v) is 10.7. The molecule has 0 unspecified atom stereocenters. The molecule has 2 heterocycles. The van der Waals surface area contributed by atoms with Crippen LogP contribution in [0.1, 0.15) is 6.92 Å². The highest BCUT2D eigenvalue weighted by Gasteiger charge is 2.11. The summed E-state index contributed by atoms with van der Waals surface area (Å²) in [5, 5.41) is 1.56. The molecule has 0 spiro atoms. The van der Waals surface area contributed by atoms with E-state index >= 15 is 0 Å². The van der Waals surface area contributed by atoms with E-state index in [0.717, 1.165) is 19.5 Å². The number of fused-ring (bicyclic) bond motifs is 3. The lowest BCUT2D eigenvalue weighted by Gasteiger charge is -1.98. The third-order valence-corrected chi connectivity index (χ3v) is 4.69. The summed E-state index contributed by atoms with van der Waals surface area (Å²) in [7, 11) is 0. The van der Waals surface area contributed by atoms with Crippen LogP contribution < -0.4 is 10.3 Å². The number of ether oxygens (including phenoxy) is 1. The zero-order valence-electron chi connectivity index (χ0n) is 9.10. The average Bonchev–Trinajstić information content (AvgIpc) is 2.69. The number of hydrogen-bond acceptors (Lipinski definition) is 5. The van der Waals surface area contributed by atoms with E-state index in [0.29, 0.717) is 11.8 Å². The van der Waals surface area contributed by atoms with E-state index in [1.54, 1.807) is 0 Å². The predicted molar refractivity (Wildman–Crippen MR) is 72.4 cm³/mol. The Hall–Kier alpha value is -1.46. The van der Waals surface area contributed by atoms with E-state index in [-0.39, 0.29) is 5.56 Å². The summed E-state index contributed by atoms with van der Waals surface area (Å²) >= 11 is 2.93. The molecule has 0 aliphatic carbocycles. The summed E-state index contributed by atoms with van der Waals surface area (Å²) in [5.74, 6) is 0. The van der Waals surface area contributed by atoms with E-state index in [1.807, 2.05) is 31.2 Å². The molecule has 0 N–H and O–H groups in total. The van der Waals surface area contributed by atoms with E-state index in [9.17, 15) is 4.79 Å². The van der Waals surface area contributed by atoms with Crippen LogP contribution in [-0.2, 0) is 0 Å². The van der Waals surface area contributed by atoms with Crippen molar-refractivity contribution in [1.29, 1.82) is 0 Å². The van der Waals surface area contributed by atoms with Gasteiger partial charge in [-0.2, -0.15) is 4.98 Å². The van der Waals surface area contributed by atoms with Crippen LogP contribution in [0.3, 0.4) is 0 Å². The van der Waals surface area contributed by atoms with Gasteiger partial charge in [0.2, 0.25) is 0 Å². The number of hydrogen-bond donors (Lipinski definition) is 0. The molecule has 3 aromatic rings. The number of nitrogens with zero attached hydrogens (tertiary/aromatic N) is 1.